The molecule has 0 N–H and O–H groups in total. The molecule has 142 valence electrons. The van der Waals surface area contributed by atoms with Crippen LogP contribution in [0.25, 0.3) is 0 Å². The molecule has 1 aliphatic heterocycles. The van der Waals surface area contributed by atoms with E-state index in [9.17, 15) is 19.2 Å². The number of carbonyl (C=O) groups excluding carboxylic acids is 4. The molecule has 6 nitrogen and oxygen atoms in total. The van der Waals surface area contributed by atoms with E-state index in [1.165, 1.54) is 31.2 Å². The maximum absolute atomic E-state index is 12.4. The first-order chi connectivity index (χ1) is 13.3. The summed E-state index contributed by atoms with van der Waals surface area (Å²) >= 11 is 5.80. The lowest BCUT2D eigenvalue weighted by Crippen LogP contribution is -2.29. The van der Waals surface area contributed by atoms with Crippen LogP contribution in [0.15, 0.2) is 55.1 Å². The third-order valence-electron chi connectivity index (χ3n) is 4.30. The molecule has 0 aliphatic carbocycles. The Labute approximate surface area is 166 Å². The zero-order chi connectivity index (χ0) is 20.4. The maximum atomic E-state index is 12.4. The first-order valence-corrected chi connectivity index (χ1v) is 8.83. The Kier molecular flexibility index (Phi) is 5.42. The van der Waals surface area contributed by atoms with E-state index in [1.807, 2.05) is 0 Å². The number of imide groups is 1. The van der Waals surface area contributed by atoms with Crippen molar-refractivity contribution in [2.24, 2.45) is 0 Å². The Morgan fingerprint density at radius 3 is 2.32 bits per heavy atom. The van der Waals surface area contributed by atoms with Gasteiger partial charge in [0, 0.05) is 17.1 Å². The summed E-state index contributed by atoms with van der Waals surface area (Å²) in [5, 5.41) is 0.490. The minimum Gasteiger partial charge on any atom is -0.451 e. The van der Waals surface area contributed by atoms with Crippen LogP contribution in [0.5, 0.6) is 0 Å². The molecule has 1 aliphatic rings. The summed E-state index contributed by atoms with van der Waals surface area (Å²) in [5.41, 5.74) is 0.780. The van der Waals surface area contributed by atoms with E-state index >= 15 is 0 Å². The Bertz CT molecular complexity index is 996. The molecule has 0 bridgehead atoms. The summed E-state index contributed by atoms with van der Waals surface area (Å²) in [6, 6.07) is 10.3. The van der Waals surface area contributed by atoms with Crippen molar-refractivity contribution in [2.75, 3.05) is 6.54 Å². The summed E-state index contributed by atoms with van der Waals surface area (Å²) in [6.45, 7) is 5.06. The van der Waals surface area contributed by atoms with Gasteiger partial charge in [0.25, 0.3) is 11.8 Å². The zero-order valence-corrected chi connectivity index (χ0v) is 15.7. The molecule has 7 heteroatoms. The van der Waals surface area contributed by atoms with Crippen molar-refractivity contribution < 1.29 is 23.9 Å². The SMILES string of the molecule is C=CCN1C(=O)c2ccc(C(=O)OC(C)C(=O)c3ccc(Cl)cc3)cc2C1=O. The van der Waals surface area contributed by atoms with E-state index in [0.29, 0.717) is 10.6 Å². The first-order valence-electron chi connectivity index (χ1n) is 8.45. The van der Waals surface area contributed by atoms with Crippen LogP contribution in [0.1, 0.15) is 48.4 Å². The van der Waals surface area contributed by atoms with Gasteiger partial charge in [0.2, 0.25) is 5.78 Å². The van der Waals surface area contributed by atoms with Crippen LogP contribution in [0.3, 0.4) is 0 Å². The average molecular weight is 398 g/mol. The summed E-state index contributed by atoms with van der Waals surface area (Å²) in [6.07, 6.45) is 0.414. The highest BCUT2D eigenvalue weighted by Crippen LogP contribution is 2.24. The van der Waals surface area contributed by atoms with Gasteiger partial charge in [-0.05, 0) is 49.4 Å². The van der Waals surface area contributed by atoms with E-state index in [4.69, 9.17) is 16.3 Å². The first kappa shape index (κ1) is 19.5. The van der Waals surface area contributed by atoms with Crippen molar-refractivity contribution >= 4 is 35.2 Å². The normalized spacial score (nSPS) is 13.9. The van der Waals surface area contributed by atoms with Crippen LogP contribution in [-0.4, -0.2) is 41.1 Å². The number of carbonyl (C=O) groups is 4. The lowest BCUT2D eigenvalue weighted by Gasteiger charge is -2.12. The van der Waals surface area contributed by atoms with Gasteiger partial charge in [-0.3, -0.25) is 19.3 Å². The van der Waals surface area contributed by atoms with Crippen molar-refractivity contribution in [3.8, 4) is 0 Å². The number of fused-ring (bicyclic) bond motifs is 1. The summed E-state index contributed by atoms with van der Waals surface area (Å²) < 4.78 is 5.23. The average Bonchev–Trinajstić information content (AvgIpc) is 2.92. The number of amides is 2. The molecule has 2 aromatic carbocycles. The third-order valence-corrected chi connectivity index (χ3v) is 4.55. The molecule has 28 heavy (non-hydrogen) atoms. The van der Waals surface area contributed by atoms with Crippen LogP contribution >= 0.6 is 11.6 Å². The molecule has 2 amide bonds. The van der Waals surface area contributed by atoms with E-state index in [-0.39, 0.29) is 29.0 Å². The predicted octanol–water partition coefficient (Wildman–Crippen LogP) is 3.55. The van der Waals surface area contributed by atoms with Gasteiger partial charge in [0.15, 0.2) is 6.10 Å². The molecule has 1 unspecified atom stereocenters. The molecular formula is C21H16ClNO5. The minimum absolute atomic E-state index is 0.0797. The van der Waals surface area contributed by atoms with E-state index in [2.05, 4.69) is 6.58 Å². The minimum atomic E-state index is -1.03. The molecule has 0 radical (unpaired) electrons. The van der Waals surface area contributed by atoms with Gasteiger partial charge in [-0.15, -0.1) is 6.58 Å². The quantitative estimate of drug-likeness (QED) is 0.322. The van der Waals surface area contributed by atoms with E-state index in [1.54, 1.807) is 24.3 Å². The number of hydrogen-bond donors (Lipinski definition) is 0. The molecule has 0 saturated carbocycles. The summed E-state index contributed by atoms with van der Waals surface area (Å²) in [7, 11) is 0. The molecule has 0 fully saturated rings. The monoisotopic (exact) mass is 397 g/mol. The molecule has 1 heterocycles. The van der Waals surface area contributed by atoms with Gasteiger partial charge in [-0.2, -0.15) is 0 Å². The Morgan fingerprint density at radius 2 is 1.68 bits per heavy atom. The number of hydrogen-bond acceptors (Lipinski definition) is 5. The largest absolute Gasteiger partial charge is 0.451 e. The van der Waals surface area contributed by atoms with Gasteiger partial charge in [0.05, 0.1) is 16.7 Å². The third kappa shape index (κ3) is 3.59. The topological polar surface area (TPSA) is 80.8 Å². The van der Waals surface area contributed by atoms with E-state index < -0.39 is 23.9 Å². The molecule has 2 aromatic rings. The van der Waals surface area contributed by atoms with Crippen molar-refractivity contribution in [2.45, 2.75) is 13.0 Å². The summed E-state index contributed by atoms with van der Waals surface area (Å²) in [4.78, 5) is 50.4. The van der Waals surface area contributed by atoms with Crippen LogP contribution in [0, 0.1) is 0 Å². The van der Waals surface area contributed by atoms with Crippen molar-refractivity contribution in [1.29, 1.82) is 0 Å². The lowest BCUT2D eigenvalue weighted by molar-refractivity contribution is 0.0318. The fourth-order valence-electron chi connectivity index (χ4n) is 2.84. The van der Waals surface area contributed by atoms with Crippen LogP contribution < -0.4 is 0 Å². The van der Waals surface area contributed by atoms with Gasteiger partial charge in [0.1, 0.15) is 0 Å². The number of ketones is 1. The molecule has 3 rings (SSSR count). The van der Waals surface area contributed by atoms with Gasteiger partial charge in [-0.25, -0.2) is 4.79 Å². The number of Topliss-reactive ketones (excluding diaryl/α,β-unsaturated/α-hetero) is 1. The Morgan fingerprint density at radius 1 is 1.07 bits per heavy atom. The van der Waals surface area contributed by atoms with Crippen LogP contribution in [-0.2, 0) is 4.74 Å². The molecule has 0 saturated heterocycles. The number of ether oxygens (including phenoxy) is 1. The fourth-order valence-corrected chi connectivity index (χ4v) is 2.97. The molecule has 0 spiro atoms. The highest BCUT2D eigenvalue weighted by molar-refractivity contribution is 6.30. The maximum Gasteiger partial charge on any atom is 0.338 e. The van der Waals surface area contributed by atoms with Crippen molar-refractivity contribution in [1.82, 2.24) is 4.90 Å². The van der Waals surface area contributed by atoms with E-state index in [0.717, 1.165) is 4.90 Å². The Balaban J connectivity index is 1.76. The lowest BCUT2D eigenvalue weighted by atomic mass is 10.1. The smallest absolute Gasteiger partial charge is 0.338 e. The van der Waals surface area contributed by atoms with Crippen molar-refractivity contribution in [3.63, 3.8) is 0 Å². The van der Waals surface area contributed by atoms with Crippen LogP contribution in [0.2, 0.25) is 5.02 Å². The van der Waals surface area contributed by atoms with Gasteiger partial charge < -0.3 is 4.74 Å². The highest BCUT2D eigenvalue weighted by atomic mass is 35.5. The number of esters is 1. The number of benzene rings is 2. The predicted molar refractivity (Wildman–Crippen MR) is 103 cm³/mol. The fraction of sp³-hybridized carbons (Fsp3) is 0.143. The second kappa shape index (κ2) is 7.78. The molecular weight excluding hydrogens is 382 g/mol. The second-order valence-corrected chi connectivity index (χ2v) is 6.63. The number of halogens is 1. The van der Waals surface area contributed by atoms with Gasteiger partial charge >= 0.3 is 5.97 Å². The van der Waals surface area contributed by atoms with Gasteiger partial charge in [-0.1, -0.05) is 17.7 Å². The second-order valence-electron chi connectivity index (χ2n) is 6.19. The molecule has 0 aromatic heterocycles. The van der Waals surface area contributed by atoms with Crippen LogP contribution in [0.4, 0.5) is 0 Å². The van der Waals surface area contributed by atoms with Crippen molar-refractivity contribution in [3.05, 3.63) is 82.4 Å². The summed E-state index contributed by atoms with van der Waals surface area (Å²) in [5.74, 6) is -2.08. The number of nitrogens with zero attached hydrogens (tertiary/aromatic N) is 1. The number of rotatable bonds is 6. The standard InChI is InChI=1S/C21H16ClNO5/c1-3-10-23-19(25)16-9-6-14(11-17(16)20(23)26)21(27)28-12(2)18(24)13-4-7-15(22)8-5-13/h3-9,11-12H,1,10H2,2H3. The Hall–Kier alpha value is -3.25. The molecule has 1 atom stereocenters. The zero-order valence-electron chi connectivity index (χ0n) is 15.0. The highest BCUT2D eigenvalue weighted by Gasteiger charge is 2.35.